The summed E-state index contributed by atoms with van der Waals surface area (Å²) < 4.78 is 8.09. The van der Waals surface area contributed by atoms with Gasteiger partial charge in [-0.2, -0.15) is 0 Å². The SMILES string of the molecule is CN1CCN(C2=Nc3ccccc3Oc3c2nnn3Cc2ccccc2)CC1. The fourth-order valence-electron chi connectivity index (χ4n) is 3.55. The lowest BCUT2D eigenvalue weighted by Crippen LogP contribution is -2.47. The van der Waals surface area contributed by atoms with Gasteiger partial charge in [0.1, 0.15) is 5.69 Å². The first kappa shape index (κ1) is 16.9. The van der Waals surface area contributed by atoms with Crippen LogP contribution in [0.3, 0.4) is 0 Å². The van der Waals surface area contributed by atoms with Crippen molar-refractivity contribution >= 4 is 11.5 Å². The second kappa shape index (κ2) is 7.09. The van der Waals surface area contributed by atoms with Gasteiger partial charge < -0.3 is 14.5 Å². The van der Waals surface area contributed by atoms with Crippen molar-refractivity contribution < 1.29 is 4.74 Å². The second-order valence-electron chi connectivity index (χ2n) is 7.18. The molecule has 1 aromatic heterocycles. The molecule has 142 valence electrons. The summed E-state index contributed by atoms with van der Waals surface area (Å²) in [6, 6.07) is 18.1. The predicted octanol–water partition coefficient (Wildman–Crippen LogP) is 2.76. The molecule has 5 rings (SSSR count). The molecule has 2 aliphatic heterocycles. The zero-order chi connectivity index (χ0) is 18.9. The minimum absolute atomic E-state index is 0.599. The summed E-state index contributed by atoms with van der Waals surface area (Å²) in [5.41, 5.74) is 2.67. The van der Waals surface area contributed by atoms with E-state index in [4.69, 9.17) is 9.73 Å². The molecule has 0 bridgehead atoms. The Morgan fingerprint density at radius 3 is 2.50 bits per heavy atom. The standard InChI is InChI=1S/C21H22N6O/c1-25-11-13-26(14-12-25)20-19-21(28-18-10-6-5-9-17(18)22-20)27(24-23-19)15-16-7-3-2-4-8-16/h2-10H,11-15H2,1H3. The molecule has 0 unspecified atom stereocenters. The monoisotopic (exact) mass is 374 g/mol. The summed E-state index contributed by atoms with van der Waals surface area (Å²) in [7, 11) is 2.15. The van der Waals surface area contributed by atoms with Gasteiger partial charge in [-0.05, 0) is 24.7 Å². The number of amidine groups is 1. The van der Waals surface area contributed by atoms with Crippen molar-refractivity contribution in [2.75, 3.05) is 33.2 Å². The summed E-state index contributed by atoms with van der Waals surface area (Å²) in [5.74, 6) is 2.21. The third kappa shape index (κ3) is 3.14. The molecule has 0 amide bonds. The van der Waals surface area contributed by atoms with Crippen LogP contribution in [0.4, 0.5) is 5.69 Å². The van der Waals surface area contributed by atoms with E-state index in [1.807, 2.05) is 47.1 Å². The first-order valence-electron chi connectivity index (χ1n) is 9.55. The quantitative estimate of drug-likeness (QED) is 0.690. The van der Waals surface area contributed by atoms with E-state index in [0.29, 0.717) is 18.1 Å². The van der Waals surface area contributed by atoms with Crippen LogP contribution in [0.5, 0.6) is 11.6 Å². The van der Waals surface area contributed by atoms with Crippen molar-refractivity contribution in [3.8, 4) is 11.6 Å². The van der Waals surface area contributed by atoms with E-state index in [2.05, 4.69) is 39.3 Å². The maximum atomic E-state index is 6.27. The van der Waals surface area contributed by atoms with Crippen LogP contribution in [-0.2, 0) is 6.54 Å². The lowest BCUT2D eigenvalue weighted by atomic mass is 10.2. The fourth-order valence-corrected chi connectivity index (χ4v) is 3.55. The molecule has 28 heavy (non-hydrogen) atoms. The third-order valence-corrected chi connectivity index (χ3v) is 5.18. The van der Waals surface area contributed by atoms with Crippen LogP contribution in [0.15, 0.2) is 59.6 Å². The van der Waals surface area contributed by atoms with Gasteiger partial charge in [0.15, 0.2) is 17.3 Å². The number of aliphatic imine (C=N–C) groups is 1. The molecule has 3 aromatic rings. The van der Waals surface area contributed by atoms with Crippen molar-refractivity contribution in [2.45, 2.75) is 6.54 Å². The summed E-state index contributed by atoms with van der Waals surface area (Å²) in [5, 5.41) is 8.86. The van der Waals surface area contributed by atoms with E-state index in [-0.39, 0.29) is 0 Å². The lowest BCUT2D eigenvalue weighted by Gasteiger charge is -2.33. The summed E-state index contributed by atoms with van der Waals surface area (Å²) in [6.45, 7) is 4.40. The van der Waals surface area contributed by atoms with E-state index in [1.54, 1.807) is 0 Å². The largest absolute Gasteiger partial charge is 0.435 e. The van der Waals surface area contributed by atoms with Gasteiger partial charge in [-0.3, -0.25) is 0 Å². The van der Waals surface area contributed by atoms with Crippen LogP contribution in [0.1, 0.15) is 11.3 Å². The van der Waals surface area contributed by atoms with Crippen molar-refractivity contribution in [1.29, 1.82) is 0 Å². The molecule has 0 atom stereocenters. The zero-order valence-corrected chi connectivity index (χ0v) is 15.8. The van der Waals surface area contributed by atoms with Crippen molar-refractivity contribution in [1.82, 2.24) is 24.8 Å². The van der Waals surface area contributed by atoms with Gasteiger partial charge in [-0.15, -0.1) is 5.10 Å². The number of fused-ring (bicyclic) bond motifs is 2. The molecule has 7 nitrogen and oxygen atoms in total. The maximum Gasteiger partial charge on any atom is 0.250 e. The summed E-state index contributed by atoms with van der Waals surface area (Å²) >= 11 is 0. The molecule has 2 aromatic carbocycles. The van der Waals surface area contributed by atoms with Gasteiger partial charge in [-0.1, -0.05) is 47.7 Å². The first-order chi connectivity index (χ1) is 13.8. The molecular formula is C21H22N6O. The Morgan fingerprint density at radius 1 is 0.929 bits per heavy atom. The predicted molar refractivity (Wildman–Crippen MR) is 107 cm³/mol. The average molecular weight is 374 g/mol. The van der Waals surface area contributed by atoms with Gasteiger partial charge >= 0.3 is 0 Å². The van der Waals surface area contributed by atoms with Crippen molar-refractivity contribution in [3.05, 3.63) is 65.9 Å². The van der Waals surface area contributed by atoms with Crippen LogP contribution in [0.25, 0.3) is 0 Å². The number of hydrogen-bond acceptors (Lipinski definition) is 6. The van der Waals surface area contributed by atoms with Crippen LogP contribution < -0.4 is 4.74 Å². The van der Waals surface area contributed by atoms with E-state index < -0.39 is 0 Å². The summed E-state index contributed by atoms with van der Waals surface area (Å²) in [6.07, 6.45) is 0. The number of hydrogen-bond donors (Lipinski definition) is 0. The molecule has 1 saturated heterocycles. The number of likely N-dealkylation sites (N-methyl/N-ethyl adjacent to an activating group) is 1. The van der Waals surface area contributed by atoms with Gasteiger partial charge in [0.05, 0.1) is 6.54 Å². The highest BCUT2D eigenvalue weighted by molar-refractivity contribution is 6.01. The molecular weight excluding hydrogens is 352 g/mol. The summed E-state index contributed by atoms with van der Waals surface area (Å²) in [4.78, 5) is 9.54. The Morgan fingerprint density at radius 2 is 1.68 bits per heavy atom. The number of rotatable bonds is 2. The van der Waals surface area contributed by atoms with Crippen LogP contribution in [-0.4, -0.2) is 63.9 Å². The van der Waals surface area contributed by atoms with Gasteiger partial charge in [0, 0.05) is 26.2 Å². The molecule has 1 fully saturated rings. The smallest absolute Gasteiger partial charge is 0.250 e. The van der Waals surface area contributed by atoms with Gasteiger partial charge in [0.25, 0.3) is 0 Å². The molecule has 0 saturated carbocycles. The highest BCUT2D eigenvalue weighted by Crippen LogP contribution is 2.37. The van der Waals surface area contributed by atoms with Crippen LogP contribution in [0, 0.1) is 0 Å². The number of ether oxygens (including phenoxy) is 1. The minimum Gasteiger partial charge on any atom is -0.435 e. The normalized spacial score (nSPS) is 16.6. The second-order valence-corrected chi connectivity index (χ2v) is 7.18. The number of benzene rings is 2. The van der Waals surface area contributed by atoms with E-state index in [9.17, 15) is 0 Å². The van der Waals surface area contributed by atoms with E-state index >= 15 is 0 Å². The Hall–Kier alpha value is -3.19. The highest BCUT2D eigenvalue weighted by atomic mass is 16.5. The van der Waals surface area contributed by atoms with Crippen molar-refractivity contribution in [2.24, 2.45) is 4.99 Å². The maximum absolute atomic E-state index is 6.27. The Balaban J connectivity index is 1.57. The molecule has 2 aliphatic rings. The number of piperazine rings is 1. The lowest BCUT2D eigenvalue weighted by molar-refractivity contribution is 0.215. The first-order valence-corrected chi connectivity index (χ1v) is 9.55. The van der Waals surface area contributed by atoms with Crippen molar-refractivity contribution in [3.63, 3.8) is 0 Å². The topological polar surface area (TPSA) is 58.8 Å². The highest BCUT2D eigenvalue weighted by Gasteiger charge is 2.29. The van der Waals surface area contributed by atoms with Gasteiger partial charge in [0.2, 0.25) is 5.88 Å². The Bertz CT molecular complexity index is 1000. The molecule has 0 spiro atoms. The molecule has 0 aliphatic carbocycles. The van der Waals surface area contributed by atoms with Gasteiger partial charge in [-0.25, -0.2) is 9.67 Å². The van der Waals surface area contributed by atoms with Crippen LogP contribution in [0.2, 0.25) is 0 Å². The average Bonchev–Trinajstić information content (AvgIpc) is 3.02. The molecule has 0 N–H and O–H groups in total. The minimum atomic E-state index is 0.599. The number of aromatic nitrogens is 3. The Labute approximate surface area is 163 Å². The molecule has 3 heterocycles. The zero-order valence-electron chi connectivity index (χ0n) is 15.8. The number of para-hydroxylation sites is 2. The fraction of sp³-hybridized carbons (Fsp3) is 0.286. The molecule has 7 heteroatoms. The van der Waals surface area contributed by atoms with E-state index in [0.717, 1.165) is 49.0 Å². The van der Waals surface area contributed by atoms with Crippen LogP contribution >= 0.6 is 0 Å². The Kier molecular flexibility index (Phi) is 4.29. The van der Waals surface area contributed by atoms with E-state index in [1.165, 1.54) is 0 Å². The third-order valence-electron chi connectivity index (χ3n) is 5.18. The molecule has 0 radical (unpaired) electrons. The number of nitrogens with zero attached hydrogens (tertiary/aromatic N) is 6.